The third-order valence-corrected chi connectivity index (χ3v) is 8.78. The van der Waals surface area contributed by atoms with Gasteiger partial charge in [-0.1, -0.05) is 23.7 Å². The van der Waals surface area contributed by atoms with Gasteiger partial charge in [-0.15, -0.1) is 21.5 Å². The number of halogens is 1. The van der Waals surface area contributed by atoms with Gasteiger partial charge >= 0.3 is 5.97 Å². The third kappa shape index (κ3) is 8.82. The van der Waals surface area contributed by atoms with Gasteiger partial charge in [0.25, 0.3) is 0 Å². The first-order valence-corrected chi connectivity index (χ1v) is 16.2. The van der Waals surface area contributed by atoms with Crippen LogP contribution in [0.4, 0.5) is 5.69 Å². The fourth-order valence-corrected chi connectivity index (χ4v) is 6.31. The Morgan fingerprint density at radius 1 is 0.915 bits per heavy atom. The van der Waals surface area contributed by atoms with Crippen molar-refractivity contribution in [2.24, 2.45) is 4.99 Å². The fourth-order valence-electron chi connectivity index (χ4n) is 4.97. The molecular weight excluding hydrogens is 646 g/mol. The van der Waals surface area contributed by atoms with Gasteiger partial charge in [-0.05, 0) is 62.7 Å². The molecular formula is C33H36ClN5O7S. The molecule has 0 saturated carbocycles. The van der Waals surface area contributed by atoms with Gasteiger partial charge < -0.3 is 29.4 Å². The van der Waals surface area contributed by atoms with E-state index in [-0.39, 0.29) is 25.5 Å². The Balaban J connectivity index is 1.17. The molecule has 1 aliphatic heterocycles. The quantitative estimate of drug-likeness (QED) is 0.150. The molecule has 12 nitrogen and oxygen atoms in total. The van der Waals surface area contributed by atoms with Crippen molar-refractivity contribution >= 4 is 46.2 Å². The molecule has 0 aliphatic carbocycles. The van der Waals surface area contributed by atoms with Crippen LogP contribution in [-0.4, -0.2) is 83.7 Å². The number of carboxylic acids is 1. The summed E-state index contributed by atoms with van der Waals surface area (Å²) >= 11 is 7.87. The van der Waals surface area contributed by atoms with Crippen LogP contribution >= 0.6 is 22.9 Å². The number of amides is 1. The summed E-state index contributed by atoms with van der Waals surface area (Å²) in [6.45, 7) is 7.71. The van der Waals surface area contributed by atoms with Crippen molar-refractivity contribution in [2.45, 2.75) is 33.2 Å². The van der Waals surface area contributed by atoms with Crippen molar-refractivity contribution in [3.8, 4) is 10.8 Å². The highest BCUT2D eigenvalue weighted by Gasteiger charge is 2.32. The molecule has 2 N–H and O–H groups in total. The molecule has 0 spiro atoms. The Bertz CT molecular complexity index is 1720. The van der Waals surface area contributed by atoms with Gasteiger partial charge in [-0.2, -0.15) is 0 Å². The maximum absolute atomic E-state index is 13.4. The number of aliphatic carboxylic acids is 1. The van der Waals surface area contributed by atoms with E-state index in [0.29, 0.717) is 55.3 Å². The number of nitrogens with one attached hydrogen (secondary N) is 1. The van der Waals surface area contributed by atoms with Gasteiger partial charge in [0.05, 0.1) is 45.2 Å². The molecule has 0 saturated heterocycles. The second-order valence-electron chi connectivity index (χ2n) is 10.7. The number of aromatic nitrogens is 3. The first-order valence-electron chi connectivity index (χ1n) is 15.1. The number of aryl methyl sites for hydroxylation is 2. The molecule has 2 aromatic heterocycles. The number of benzene rings is 2. The number of ether oxygens (including phenoxy) is 4. The van der Waals surface area contributed by atoms with Crippen LogP contribution in [0.5, 0.6) is 5.75 Å². The Morgan fingerprint density at radius 3 is 2.26 bits per heavy atom. The van der Waals surface area contributed by atoms with E-state index in [2.05, 4.69) is 29.4 Å². The summed E-state index contributed by atoms with van der Waals surface area (Å²) < 4.78 is 23.4. The van der Waals surface area contributed by atoms with E-state index >= 15 is 0 Å². The average Bonchev–Trinajstić information content (AvgIpc) is 3.52. The van der Waals surface area contributed by atoms with Gasteiger partial charge in [0.2, 0.25) is 5.91 Å². The van der Waals surface area contributed by atoms with Crippen molar-refractivity contribution in [3.63, 3.8) is 0 Å². The number of carbonyl (C=O) groups excluding carboxylic acids is 1. The highest BCUT2D eigenvalue weighted by Crippen LogP contribution is 2.39. The highest BCUT2D eigenvalue weighted by atomic mass is 35.5. The second kappa shape index (κ2) is 16.1. The molecule has 0 bridgehead atoms. The van der Waals surface area contributed by atoms with Crippen molar-refractivity contribution in [3.05, 3.63) is 86.8 Å². The molecule has 248 valence electrons. The van der Waals surface area contributed by atoms with E-state index in [1.54, 1.807) is 35.6 Å². The lowest BCUT2D eigenvalue weighted by molar-refractivity contribution is -0.142. The smallest absolute Gasteiger partial charge is 0.329 e. The number of fused-ring (bicyclic) bond motifs is 3. The highest BCUT2D eigenvalue weighted by molar-refractivity contribution is 7.15. The van der Waals surface area contributed by atoms with Gasteiger partial charge in [0.15, 0.2) is 5.82 Å². The lowest BCUT2D eigenvalue weighted by Crippen LogP contribution is -2.17. The number of nitrogens with zero attached hydrogens (tertiary/aromatic N) is 4. The molecule has 1 aliphatic rings. The van der Waals surface area contributed by atoms with Crippen molar-refractivity contribution in [1.29, 1.82) is 0 Å². The summed E-state index contributed by atoms with van der Waals surface area (Å²) in [6.07, 6.45) is 0.0663. The lowest BCUT2D eigenvalue weighted by Gasteiger charge is -2.13. The normalized spacial score (nSPS) is 13.8. The summed E-state index contributed by atoms with van der Waals surface area (Å²) in [7, 11) is 0. The number of thiophene rings is 1. The first-order chi connectivity index (χ1) is 22.7. The van der Waals surface area contributed by atoms with E-state index in [1.807, 2.05) is 35.8 Å². The zero-order chi connectivity index (χ0) is 33.3. The zero-order valence-electron chi connectivity index (χ0n) is 26.3. The topological polar surface area (TPSA) is 146 Å². The monoisotopic (exact) mass is 681 g/mol. The number of hydrogen-bond acceptors (Lipinski definition) is 10. The predicted octanol–water partition coefficient (Wildman–Crippen LogP) is 5.34. The van der Waals surface area contributed by atoms with Gasteiger partial charge in [0, 0.05) is 26.7 Å². The van der Waals surface area contributed by atoms with Crippen LogP contribution in [0.3, 0.4) is 0 Å². The second-order valence-corrected chi connectivity index (χ2v) is 12.3. The van der Waals surface area contributed by atoms with Gasteiger partial charge in [0.1, 0.15) is 35.8 Å². The molecule has 3 heterocycles. The SMILES string of the molecule is Cc1sc2c(c1C)C(c1ccc(Cl)cc1)=N[C@@H](CC(=O)Nc1ccc(OCCOCCOCCOCC(=O)O)cc1)c1nnc(C)n1-2. The van der Waals surface area contributed by atoms with Crippen LogP contribution in [0, 0.1) is 20.8 Å². The van der Waals surface area contributed by atoms with E-state index in [0.717, 1.165) is 33.2 Å². The van der Waals surface area contributed by atoms with E-state index in [1.165, 1.54) is 4.88 Å². The number of carboxylic acid groups (broad SMARTS) is 1. The predicted molar refractivity (Wildman–Crippen MR) is 179 cm³/mol. The molecule has 4 aromatic rings. The zero-order valence-corrected chi connectivity index (χ0v) is 27.9. The molecule has 5 rings (SSSR count). The van der Waals surface area contributed by atoms with E-state index in [9.17, 15) is 9.59 Å². The van der Waals surface area contributed by atoms with Gasteiger partial charge in [-0.3, -0.25) is 14.4 Å². The molecule has 0 unspecified atom stereocenters. The number of rotatable bonds is 16. The largest absolute Gasteiger partial charge is 0.491 e. The van der Waals surface area contributed by atoms with E-state index < -0.39 is 12.0 Å². The summed E-state index contributed by atoms with van der Waals surface area (Å²) in [5, 5.41) is 21.9. The Morgan fingerprint density at radius 2 is 1.57 bits per heavy atom. The van der Waals surface area contributed by atoms with Crippen molar-refractivity contribution in [1.82, 2.24) is 14.8 Å². The Hall–Kier alpha value is -4.14. The summed E-state index contributed by atoms with van der Waals surface area (Å²) in [4.78, 5) is 30.1. The number of aliphatic imine (C=N–C) groups is 1. The molecule has 0 fully saturated rings. The fraction of sp³-hybridized carbons (Fsp3) is 0.364. The first kappa shape index (κ1) is 34.2. The van der Waals surface area contributed by atoms with Crippen LogP contribution in [0.2, 0.25) is 5.02 Å². The summed E-state index contributed by atoms with van der Waals surface area (Å²) in [5.41, 5.74) is 4.47. The standard InChI is InChI=1S/C33H36ClN5O7S/c1-20-21(2)47-33-30(20)31(23-4-6-24(34)7-5-23)36-27(32-38-37-22(3)39(32)33)18-28(40)35-25-8-10-26(11-9-25)46-17-16-44-13-12-43-14-15-45-19-29(41)42/h4-11,27H,12-19H2,1-3H3,(H,35,40)(H,41,42)/t27-/m0/s1. The third-order valence-electron chi connectivity index (χ3n) is 7.34. The molecule has 2 aromatic carbocycles. The van der Waals surface area contributed by atoms with Crippen LogP contribution in [0.25, 0.3) is 5.00 Å². The molecule has 1 amide bonds. The lowest BCUT2D eigenvalue weighted by atomic mass is 9.99. The molecule has 0 radical (unpaired) electrons. The number of hydrogen-bond donors (Lipinski definition) is 2. The number of carbonyl (C=O) groups is 2. The minimum absolute atomic E-state index is 0.0663. The van der Waals surface area contributed by atoms with Crippen molar-refractivity contribution < 1.29 is 33.6 Å². The molecule has 14 heteroatoms. The van der Waals surface area contributed by atoms with Crippen LogP contribution < -0.4 is 10.1 Å². The van der Waals surface area contributed by atoms with Crippen molar-refractivity contribution in [2.75, 3.05) is 51.6 Å². The van der Waals surface area contributed by atoms with Gasteiger partial charge in [-0.25, -0.2) is 4.79 Å². The summed E-state index contributed by atoms with van der Waals surface area (Å²) in [6, 6.07) is 14.1. The van der Waals surface area contributed by atoms with Crippen LogP contribution in [-0.2, 0) is 23.8 Å². The van der Waals surface area contributed by atoms with Crippen LogP contribution in [0.1, 0.15) is 45.7 Å². The van der Waals surface area contributed by atoms with Crippen LogP contribution in [0.15, 0.2) is 53.5 Å². The summed E-state index contributed by atoms with van der Waals surface area (Å²) in [5.74, 6) is 0.765. The molecule has 1 atom stereocenters. The van der Waals surface area contributed by atoms with E-state index in [4.69, 9.17) is 40.6 Å². The minimum Gasteiger partial charge on any atom is -0.491 e. The Kier molecular flexibility index (Phi) is 11.7. The Labute approximate surface area is 281 Å². The minimum atomic E-state index is -1.01. The molecule has 47 heavy (non-hydrogen) atoms. The number of anilines is 1. The maximum Gasteiger partial charge on any atom is 0.329 e. The maximum atomic E-state index is 13.4. The average molecular weight is 682 g/mol.